The largest absolute Gasteiger partial charge is 0.484 e. The first-order chi connectivity index (χ1) is 13.0. The summed E-state index contributed by atoms with van der Waals surface area (Å²) in [5, 5.41) is 7.16. The predicted octanol–water partition coefficient (Wildman–Crippen LogP) is 4.38. The third-order valence-corrected chi connectivity index (χ3v) is 4.32. The molecule has 0 aliphatic heterocycles. The van der Waals surface area contributed by atoms with Crippen molar-refractivity contribution < 1.29 is 9.53 Å². The molecule has 5 heteroatoms. The van der Waals surface area contributed by atoms with Crippen molar-refractivity contribution in [3.8, 4) is 5.75 Å². The molecule has 1 aromatic heterocycles. The molecule has 0 radical (unpaired) electrons. The van der Waals surface area contributed by atoms with E-state index in [1.165, 1.54) is 11.1 Å². The van der Waals surface area contributed by atoms with Crippen LogP contribution in [0.25, 0.3) is 0 Å². The van der Waals surface area contributed by atoms with Gasteiger partial charge >= 0.3 is 0 Å². The number of rotatable bonds is 7. The zero-order chi connectivity index (χ0) is 19.2. The average Bonchev–Trinajstić information content (AvgIpc) is 3.07. The van der Waals surface area contributed by atoms with Crippen LogP contribution in [-0.2, 0) is 11.3 Å². The Morgan fingerprint density at radius 1 is 1.15 bits per heavy atom. The monoisotopic (exact) mass is 363 g/mol. The molecular formula is C22H25N3O2. The molecule has 0 aliphatic rings. The Kier molecular flexibility index (Phi) is 5.91. The van der Waals surface area contributed by atoms with Gasteiger partial charge in [-0.15, -0.1) is 0 Å². The molecule has 0 saturated heterocycles. The summed E-state index contributed by atoms with van der Waals surface area (Å²) in [4.78, 5) is 12.2. The van der Waals surface area contributed by atoms with Crippen molar-refractivity contribution in [2.75, 3.05) is 11.9 Å². The molecule has 1 heterocycles. The molecule has 0 atom stereocenters. The minimum atomic E-state index is -0.214. The van der Waals surface area contributed by atoms with E-state index in [0.717, 1.165) is 5.56 Å². The summed E-state index contributed by atoms with van der Waals surface area (Å²) in [5.74, 6) is 1.59. The Bertz CT molecular complexity index is 898. The first kappa shape index (κ1) is 18.7. The normalized spacial score (nSPS) is 10.8. The van der Waals surface area contributed by atoms with Gasteiger partial charge in [-0.1, -0.05) is 55.8 Å². The summed E-state index contributed by atoms with van der Waals surface area (Å²) in [5.41, 5.74) is 3.57. The molecule has 140 valence electrons. The second-order valence-electron chi connectivity index (χ2n) is 6.92. The summed E-state index contributed by atoms with van der Waals surface area (Å²) in [6.45, 7) is 6.89. The van der Waals surface area contributed by atoms with Crippen molar-refractivity contribution in [3.05, 3.63) is 77.5 Å². The standard InChI is InChI=1S/C22H25N3O2/c1-16(2)19-7-9-20(10-8-19)27-15-22(26)24-21-11-12-23-25(21)14-18-6-4-5-17(3)13-18/h4-13,16H,14-15H2,1-3H3,(H,24,26). The average molecular weight is 363 g/mol. The van der Waals surface area contributed by atoms with Crippen molar-refractivity contribution in [3.63, 3.8) is 0 Å². The van der Waals surface area contributed by atoms with Gasteiger partial charge in [0, 0.05) is 6.07 Å². The van der Waals surface area contributed by atoms with Crippen LogP contribution in [0.3, 0.4) is 0 Å². The van der Waals surface area contributed by atoms with E-state index in [0.29, 0.717) is 24.0 Å². The number of nitrogens with zero attached hydrogens (tertiary/aromatic N) is 2. The lowest BCUT2D eigenvalue weighted by atomic mass is 10.0. The van der Waals surface area contributed by atoms with Crippen molar-refractivity contribution >= 4 is 11.7 Å². The molecule has 0 saturated carbocycles. The summed E-state index contributed by atoms with van der Waals surface area (Å²) in [6.07, 6.45) is 1.68. The van der Waals surface area contributed by atoms with Crippen LogP contribution in [0.4, 0.5) is 5.82 Å². The van der Waals surface area contributed by atoms with Gasteiger partial charge < -0.3 is 10.1 Å². The van der Waals surface area contributed by atoms with E-state index < -0.39 is 0 Å². The number of amides is 1. The highest BCUT2D eigenvalue weighted by Crippen LogP contribution is 2.18. The number of carbonyl (C=O) groups is 1. The first-order valence-electron chi connectivity index (χ1n) is 9.11. The van der Waals surface area contributed by atoms with Crippen LogP contribution in [-0.4, -0.2) is 22.3 Å². The minimum Gasteiger partial charge on any atom is -0.484 e. The SMILES string of the molecule is Cc1cccc(Cn2nccc2NC(=O)COc2ccc(C(C)C)cc2)c1. The van der Waals surface area contributed by atoms with Crippen molar-refractivity contribution in [1.82, 2.24) is 9.78 Å². The van der Waals surface area contributed by atoms with Crippen LogP contribution in [0.1, 0.15) is 36.5 Å². The van der Waals surface area contributed by atoms with Crippen LogP contribution in [0.2, 0.25) is 0 Å². The fraction of sp³-hybridized carbons (Fsp3) is 0.273. The lowest BCUT2D eigenvalue weighted by molar-refractivity contribution is -0.118. The number of ether oxygens (including phenoxy) is 1. The number of nitrogens with one attached hydrogen (secondary N) is 1. The van der Waals surface area contributed by atoms with E-state index in [9.17, 15) is 4.79 Å². The van der Waals surface area contributed by atoms with Crippen molar-refractivity contribution in [2.45, 2.75) is 33.2 Å². The van der Waals surface area contributed by atoms with E-state index in [-0.39, 0.29) is 12.5 Å². The van der Waals surface area contributed by atoms with E-state index in [2.05, 4.69) is 43.3 Å². The minimum absolute atomic E-state index is 0.0450. The predicted molar refractivity (Wildman–Crippen MR) is 107 cm³/mol. The molecule has 0 unspecified atom stereocenters. The molecule has 3 rings (SSSR count). The van der Waals surface area contributed by atoms with Gasteiger partial charge in [0.1, 0.15) is 11.6 Å². The highest BCUT2D eigenvalue weighted by atomic mass is 16.5. The number of anilines is 1. The molecule has 1 N–H and O–H groups in total. The van der Waals surface area contributed by atoms with Crippen molar-refractivity contribution in [1.29, 1.82) is 0 Å². The summed E-state index contributed by atoms with van der Waals surface area (Å²) in [6, 6.07) is 17.8. The number of carbonyl (C=O) groups excluding carboxylic acids is 1. The Balaban J connectivity index is 1.56. The van der Waals surface area contributed by atoms with Crippen LogP contribution in [0.5, 0.6) is 5.75 Å². The summed E-state index contributed by atoms with van der Waals surface area (Å²) in [7, 11) is 0. The first-order valence-corrected chi connectivity index (χ1v) is 9.11. The van der Waals surface area contributed by atoms with Gasteiger partial charge in [-0.3, -0.25) is 4.79 Å². The Morgan fingerprint density at radius 2 is 1.93 bits per heavy atom. The van der Waals surface area contributed by atoms with Gasteiger partial charge in [-0.2, -0.15) is 5.10 Å². The number of aryl methyl sites for hydroxylation is 1. The van der Waals surface area contributed by atoms with Crippen LogP contribution in [0, 0.1) is 6.92 Å². The van der Waals surface area contributed by atoms with E-state index in [1.807, 2.05) is 36.4 Å². The van der Waals surface area contributed by atoms with E-state index in [4.69, 9.17) is 4.74 Å². The van der Waals surface area contributed by atoms with Crippen LogP contribution < -0.4 is 10.1 Å². The van der Waals surface area contributed by atoms with Gasteiger partial charge in [-0.25, -0.2) is 4.68 Å². The molecule has 0 bridgehead atoms. The molecule has 2 aromatic carbocycles. The molecule has 5 nitrogen and oxygen atoms in total. The van der Waals surface area contributed by atoms with Gasteiger partial charge in [0.25, 0.3) is 5.91 Å². The van der Waals surface area contributed by atoms with Gasteiger partial charge in [0.05, 0.1) is 12.7 Å². The fourth-order valence-corrected chi connectivity index (χ4v) is 2.83. The second kappa shape index (κ2) is 8.54. The Hall–Kier alpha value is -3.08. The maximum atomic E-state index is 12.2. The molecule has 0 fully saturated rings. The lowest BCUT2D eigenvalue weighted by Crippen LogP contribution is -2.22. The zero-order valence-corrected chi connectivity index (χ0v) is 16.0. The molecule has 3 aromatic rings. The Morgan fingerprint density at radius 3 is 2.63 bits per heavy atom. The van der Waals surface area contributed by atoms with Crippen molar-refractivity contribution in [2.24, 2.45) is 0 Å². The smallest absolute Gasteiger partial charge is 0.263 e. The third-order valence-electron chi connectivity index (χ3n) is 4.32. The van der Waals surface area contributed by atoms with Crippen LogP contribution >= 0.6 is 0 Å². The van der Waals surface area contributed by atoms with Gasteiger partial charge in [0.2, 0.25) is 0 Å². The lowest BCUT2D eigenvalue weighted by Gasteiger charge is -2.11. The quantitative estimate of drug-likeness (QED) is 0.678. The Labute approximate surface area is 160 Å². The maximum Gasteiger partial charge on any atom is 0.263 e. The van der Waals surface area contributed by atoms with Gasteiger partial charge in [-0.05, 0) is 36.1 Å². The topological polar surface area (TPSA) is 56.2 Å². The highest BCUT2D eigenvalue weighted by Gasteiger charge is 2.09. The molecule has 1 amide bonds. The summed E-state index contributed by atoms with van der Waals surface area (Å²) >= 11 is 0. The van der Waals surface area contributed by atoms with Crippen LogP contribution in [0.15, 0.2) is 60.8 Å². The number of hydrogen-bond donors (Lipinski definition) is 1. The van der Waals surface area contributed by atoms with Gasteiger partial charge in [0.15, 0.2) is 6.61 Å². The highest BCUT2D eigenvalue weighted by molar-refractivity contribution is 5.91. The second-order valence-corrected chi connectivity index (χ2v) is 6.92. The fourth-order valence-electron chi connectivity index (χ4n) is 2.83. The summed E-state index contributed by atoms with van der Waals surface area (Å²) < 4.78 is 7.35. The number of benzene rings is 2. The molecule has 0 spiro atoms. The number of hydrogen-bond acceptors (Lipinski definition) is 3. The van der Waals surface area contributed by atoms with E-state index in [1.54, 1.807) is 16.9 Å². The maximum absolute atomic E-state index is 12.2. The number of aromatic nitrogens is 2. The zero-order valence-electron chi connectivity index (χ0n) is 16.0. The third kappa shape index (κ3) is 5.20. The molecular weight excluding hydrogens is 338 g/mol. The van der Waals surface area contributed by atoms with E-state index >= 15 is 0 Å². The molecule has 27 heavy (non-hydrogen) atoms. The molecule has 0 aliphatic carbocycles.